The molecule has 2 heterocycles. The molecule has 0 radical (unpaired) electrons. The maximum atomic E-state index is 10.8. The highest BCUT2D eigenvalue weighted by Gasteiger charge is 2.30. The quantitative estimate of drug-likeness (QED) is 0.907. The van der Waals surface area contributed by atoms with E-state index in [2.05, 4.69) is 26.3 Å². The number of carbonyl (C=O) groups is 1. The number of hydrogen-bond acceptors (Lipinski definition) is 5. The van der Waals surface area contributed by atoms with Crippen LogP contribution in [0.2, 0.25) is 0 Å². The second kappa shape index (κ2) is 4.97. The van der Waals surface area contributed by atoms with E-state index in [9.17, 15) is 4.79 Å². The molecule has 0 aromatic carbocycles. The fourth-order valence-corrected chi connectivity index (χ4v) is 2.64. The highest BCUT2D eigenvalue weighted by atomic mass is 32.1. The summed E-state index contributed by atoms with van der Waals surface area (Å²) < 4.78 is 0. The number of thiophene rings is 1. The first-order valence-electron chi connectivity index (χ1n) is 6.08. The second-order valence-electron chi connectivity index (χ2n) is 4.50. The van der Waals surface area contributed by atoms with E-state index in [4.69, 9.17) is 5.11 Å². The summed E-state index contributed by atoms with van der Waals surface area (Å²) in [5, 5.41) is 10.9. The van der Waals surface area contributed by atoms with Gasteiger partial charge in [0.2, 0.25) is 0 Å². The van der Waals surface area contributed by atoms with Gasteiger partial charge < -0.3 is 10.0 Å². The Balaban J connectivity index is 1.81. The van der Waals surface area contributed by atoms with E-state index >= 15 is 0 Å². The van der Waals surface area contributed by atoms with E-state index < -0.39 is 5.97 Å². The van der Waals surface area contributed by atoms with Gasteiger partial charge in [-0.1, -0.05) is 6.07 Å². The molecule has 2 aromatic rings. The van der Waals surface area contributed by atoms with Crippen molar-refractivity contribution in [1.82, 2.24) is 9.97 Å². The second-order valence-corrected chi connectivity index (χ2v) is 5.54. The van der Waals surface area contributed by atoms with Crippen LogP contribution in [-0.4, -0.2) is 27.1 Å². The average molecular weight is 275 g/mol. The Kier molecular flexibility index (Phi) is 3.16. The van der Waals surface area contributed by atoms with Crippen molar-refractivity contribution in [2.75, 3.05) is 4.90 Å². The number of carboxylic acids is 1. The molecule has 1 saturated carbocycles. The van der Waals surface area contributed by atoms with Crippen LogP contribution in [0.25, 0.3) is 0 Å². The molecule has 0 bridgehead atoms. The lowest BCUT2D eigenvalue weighted by atomic mass is 10.4. The number of hydrogen-bond donors (Lipinski definition) is 1. The van der Waals surface area contributed by atoms with Gasteiger partial charge in [-0.05, 0) is 24.3 Å². The van der Waals surface area contributed by atoms with Gasteiger partial charge >= 0.3 is 5.97 Å². The Hall–Kier alpha value is -1.95. The summed E-state index contributed by atoms with van der Waals surface area (Å²) in [5.74, 6) is -0.295. The predicted molar refractivity (Wildman–Crippen MR) is 72.5 cm³/mol. The van der Waals surface area contributed by atoms with Gasteiger partial charge in [-0.15, -0.1) is 11.3 Å². The minimum atomic E-state index is -1.05. The zero-order chi connectivity index (χ0) is 13.2. The first-order chi connectivity index (χ1) is 9.24. The summed E-state index contributed by atoms with van der Waals surface area (Å²) in [6.07, 6.45) is 5.19. The van der Waals surface area contributed by atoms with Crippen LogP contribution >= 0.6 is 11.3 Å². The van der Waals surface area contributed by atoms with Crippen molar-refractivity contribution in [1.29, 1.82) is 0 Å². The lowest BCUT2D eigenvalue weighted by Gasteiger charge is -2.22. The molecule has 0 unspecified atom stereocenters. The summed E-state index contributed by atoms with van der Waals surface area (Å²) in [6.45, 7) is 0.809. The predicted octanol–water partition coefficient (Wildman–Crippen LogP) is 2.41. The van der Waals surface area contributed by atoms with Crippen LogP contribution in [0.1, 0.15) is 28.2 Å². The molecule has 5 nitrogen and oxygen atoms in total. The summed E-state index contributed by atoms with van der Waals surface area (Å²) in [4.78, 5) is 22.4. The summed E-state index contributed by atoms with van der Waals surface area (Å²) >= 11 is 1.72. The van der Waals surface area contributed by atoms with Crippen molar-refractivity contribution in [3.8, 4) is 0 Å². The number of nitrogens with zero attached hydrogens (tertiary/aromatic N) is 3. The van der Waals surface area contributed by atoms with Crippen molar-refractivity contribution >= 4 is 23.1 Å². The van der Waals surface area contributed by atoms with Crippen molar-refractivity contribution in [2.45, 2.75) is 25.4 Å². The number of anilines is 1. The first-order valence-corrected chi connectivity index (χ1v) is 6.96. The highest BCUT2D eigenvalue weighted by Crippen LogP contribution is 2.32. The average Bonchev–Trinajstić information content (AvgIpc) is 3.13. The van der Waals surface area contributed by atoms with Crippen molar-refractivity contribution in [3.63, 3.8) is 0 Å². The van der Waals surface area contributed by atoms with Gasteiger partial charge in [0.15, 0.2) is 5.69 Å². The standard InChI is InChI=1S/C13H13N3O2S/c17-13(18)11-6-15-12(7-14-11)16(9-3-4-9)8-10-2-1-5-19-10/h1-2,5-7,9H,3-4,8H2,(H,17,18). The molecular formula is C13H13N3O2S. The molecule has 1 fully saturated rings. The minimum Gasteiger partial charge on any atom is -0.476 e. The third kappa shape index (κ3) is 2.73. The summed E-state index contributed by atoms with van der Waals surface area (Å²) in [7, 11) is 0. The van der Waals surface area contributed by atoms with Crippen LogP contribution in [-0.2, 0) is 6.54 Å². The number of aromatic carboxylic acids is 1. The van der Waals surface area contributed by atoms with Gasteiger partial charge in [-0.3, -0.25) is 0 Å². The zero-order valence-electron chi connectivity index (χ0n) is 10.2. The van der Waals surface area contributed by atoms with Crippen molar-refractivity contribution in [3.05, 3.63) is 40.5 Å². The first kappa shape index (κ1) is 12.1. The fourth-order valence-electron chi connectivity index (χ4n) is 1.93. The van der Waals surface area contributed by atoms with E-state index in [1.165, 1.54) is 11.1 Å². The maximum Gasteiger partial charge on any atom is 0.356 e. The topological polar surface area (TPSA) is 66.3 Å². The molecule has 3 rings (SSSR count). The molecule has 19 heavy (non-hydrogen) atoms. The molecule has 0 saturated heterocycles. The van der Waals surface area contributed by atoms with E-state index in [1.54, 1.807) is 17.5 Å². The molecule has 98 valence electrons. The molecule has 1 aliphatic rings. The highest BCUT2D eigenvalue weighted by molar-refractivity contribution is 7.09. The van der Waals surface area contributed by atoms with Gasteiger partial charge in [-0.25, -0.2) is 14.8 Å². The Morgan fingerprint density at radius 1 is 1.42 bits per heavy atom. The van der Waals surface area contributed by atoms with Gasteiger partial charge in [-0.2, -0.15) is 0 Å². The molecule has 0 atom stereocenters. The monoisotopic (exact) mass is 275 g/mol. The van der Waals surface area contributed by atoms with E-state index in [-0.39, 0.29) is 5.69 Å². The van der Waals surface area contributed by atoms with Crippen molar-refractivity contribution in [2.24, 2.45) is 0 Å². The fraction of sp³-hybridized carbons (Fsp3) is 0.308. The van der Waals surface area contributed by atoms with Crippen LogP contribution in [0, 0.1) is 0 Å². The molecule has 0 spiro atoms. The number of rotatable bonds is 5. The molecule has 6 heteroatoms. The van der Waals surface area contributed by atoms with E-state index in [0.29, 0.717) is 6.04 Å². The third-order valence-corrected chi connectivity index (χ3v) is 3.91. The summed E-state index contributed by atoms with van der Waals surface area (Å²) in [5.41, 5.74) is -0.0179. The normalized spacial score (nSPS) is 14.3. The Morgan fingerprint density at radius 3 is 2.79 bits per heavy atom. The van der Waals surface area contributed by atoms with E-state index in [1.807, 2.05) is 6.07 Å². The van der Waals surface area contributed by atoms with Gasteiger partial charge in [0.1, 0.15) is 5.82 Å². The SMILES string of the molecule is O=C(O)c1cnc(N(Cc2cccs2)C2CC2)cn1. The lowest BCUT2D eigenvalue weighted by molar-refractivity contribution is 0.0690. The number of aromatic nitrogens is 2. The van der Waals surface area contributed by atoms with E-state index in [0.717, 1.165) is 25.2 Å². The minimum absolute atomic E-state index is 0.0179. The van der Waals surface area contributed by atoms with Crippen molar-refractivity contribution < 1.29 is 9.90 Å². The van der Waals surface area contributed by atoms with Crippen LogP contribution < -0.4 is 4.90 Å². The van der Waals surface area contributed by atoms with Crippen LogP contribution in [0.15, 0.2) is 29.9 Å². The Bertz CT molecular complexity index is 564. The molecule has 1 N–H and O–H groups in total. The van der Waals surface area contributed by atoms with Gasteiger partial charge in [0, 0.05) is 10.9 Å². The largest absolute Gasteiger partial charge is 0.476 e. The molecule has 0 aliphatic heterocycles. The van der Waals surface area contributed by atoms with Gasteiger partial charge in [0.05, 0.1) is 18.9 Å². The molecular weight excluding hydrogens is 262 g/mol. The number of carboxylic acid groups (broad SMARTS) is 1. The lowest BCUT2D eigenvalue weighted by Crippen LogP contribution is -2.25. The Labute approximate surface area is 114 Å². The van der Waals surface area contributed by atoms with Crippen LogP contribution in [0.4, 0.5) is 5.82 Å². The molecule has 2 aromatic heterocycles. The Morgan fingerprint density at radius 2 is 2.26 bits per heavy atom. The molecule has 0 amide bonds. The van der Waals surface area contributed by atoms with Gasteiger partial charge in [0.25, 0.3) is 0 Å². The maximum absolute atomic E-state index is 10.8. The zero-order valence-corrected chi connectivity index (χ0v) is 11.0. The van der Waals surface area contributed by atoms with Crippen LogP contribution in [0.3, 0.4) is 0 Å². The summed E-state index contributed by atoms with van der Waals surface area (Å²) in [6, 6.07) is 4.63. The smallest absolute Gasteiger partial charge is 0.356 e. The van der Waals surface area contributed by atoms with Crippen LogP contribution in [0.5, 0.6) is 0 Å². The molecule has 1 aliphatic carbocycles. The third-order valence-electron chi connectivity index (χ3n) is 3.05.